The Kier molecular flexibility index (Phi) is 5.50. The molecule has 0 aliphatic heterocycles. The molecule has 104 valence electrons. The van der Waals surface area contributed by atoms with Gasteiger partial charge in [0.1, 0.15) is 6.04 Å². The van der Waals surface area contributed by atoms with Crippen LogP contribution in [0.2, 0.25) is 10.3 Å². The quantitative estimate of drug-likeness (QED) is 0.856. The molecule has 0 spiro atoms. The van der Waals surface area contributed by atoms with Gasteiger partial charge in [0.2, 0.25) is 0 Å². The average molecular weight is 306 g/mol. The number of nitrogens with zero attached hydrogens (tertiary/aromatic N) is 2. The molecule has 1 aromatic heterocycles. The lowest BCUT2D eigenvalue weighted by Gasteiger charge is -2.19. The van der Waals surface area contributed by atoms with E-state index in [1.165, 1.54) is 13.2 Å². The van der Waals surface area contributed by atoms with E-state index in [1.54, 1.807) is 13.8 Å². The summed E-state index contributed by atoms with van der Waals surface area (Å²) in [4.78, 5) is 23.6. The molecule has 1 unspecified atom stereocenters. The number of aromatic nitrogens is 2. The molecule has 0 aliphatic rings. The van der Waals surface area contributed by atoms with Crippen LogP contribution in [0.15, 0.2) is 6.07 Å². The molecule has 0 bridgehead atoms. The Labute approximate surface area is 120 Å². The minimum atomic E-state index is -0.777. The van der Waals surface area contributed by atoms with E-state index in [-0.39, 0.29) is 21.8 Å². The maximum atomic E-state index is 12.0. The van der Waals surface area contributed by atoms with Gasteiger partial charge in [-0.15, -0.1) is 10.2 Å². The van der Waals surface area contributed by atoms with E-state index in [9.17, 15) is 9.59 Å². The summed E-state index contributed by atoms with van der Waals surface area (Å²) < 4.78 is 4.62. The van der Waals surface area contributed by atoms with Gasteiger partial charge in [-0.25, -0.2) is 4.79 Å². The van der Waals surface area contributed by atoms with Gasteiger partial charge in [-0.3, -0.25) is 4.79 Å². The Morgan fingerprint density at radius 1 is 1.32 bits per heavy atom. The van der Waals surface area contributed by atoms with Crippen LogP contribution in [-0.2, 0) is 9.53 Å². The van der Waals surface area contributed by atoms with Crippen molar-refractivity contribution in [3.8, 4) is 0 Å². The lowest BCUT2D eigenvalue weighted by molar-refractivity contribution is -0.144. The summed E-state index contributed by atoms with van der Waals surface area (Å²) in [5.74, 6) is -1.24. The van der Waals surface area contributed by atoms with Gasteiger partial charge in [0.25, 0.3) is 5.91 Å². The van der Waals surface area contributed by atoms with E-state index in [1.807, 2.05) is 0 Å². The van der Waals surface area contributed by atoms with Gasteiger partial charge in [-0.2, -0.15) is 0 Å². The van der Waals surface area contributed by atoms with Crippen molar-refractivity contribution in [2.45, 2.75) is 19.9 Å². The Bertz CT molecular complexity index is 494. The molecule has 0 saturated heterocycles. The molecule has 1 N–H and O–H groups in total. The summed E-state index contributed by atoms with van der Waals surface area (Å²) in [6.45, 7) is 3.56. The summed E-state index contributed by atoms with van der Waals surface area (Å²) in [5, 5.41) is 9.50. The van der Waals surface area contributed by atoms with Crippen molar-refractivity contribution < 1.29 is 14.3 Å². The number of hydrogen-bond donors (Lipinski definition) is 1. The Balaban J connectivity index is 2.94. The van der Waals surface area contributed by atoms with E-state index in [2.05, 4.69) is 20.3 Å². The monoisotopic (exact) mass is 305 g/mol. The van der Waals surface area contributed by atoms with Crippen molar-refractivity contribution in [2.75, 3.05) is 7.11 Å². The highest BCUT2D eigenvalue weighted by atomic mass is 35.5. The minimum Gasteiger partial charge on any atom is -0.467 e. The van der Waals surface area contributed by atoms with Crippen LogP contribution in [0.5, 0.6) is 0 Å². The van der Waals surface area contributed by atoms with Gasteiger partial charge in [-0.05, 0) is 12.0 Å². The number of carbonyl (C=O) groups excluding carboxylic acids is 2. The third kappa shape index (κ3) is 4.04. The standard InChI is InChI=1S/C11H13Cl2N3O3/c1-5(2)8(11(18)19-3)14-10(17)6-4-7(12)15-16-9(6)13/h4-5,8H,1-3H3,(H,14,17). The molecule has 1 aromatic rings. The third-order valence-electron chi connectivity index (χ3n) is 2.37. The van der Waals surface area contributed by atoms with Crippen LogP contribution in [0.1, 0.15) is 24.2 Å². The third-order valence-corrected chi connectivity index (χ3v) is 2.84. The van der Waals surface area contributed by atoms with Crippen LogP contribution >= 0.6 is 23.2 Å². The normalized spacial score (nSPS) is 12.1. The summed E-state index contributed by atoms with van der Waals surface area (Å²) >= 11 is 11.4. The predicted molar refractivity (Wildman–Crippen MR) is 70.2 cm³/mol. The van der Waals surface area contributed by atoms with Crippen LogP contribution in [-0.4, -0.2) is 35.2 Å². The molecule has 8 heteroatoms. The fourth-order valence-corrected chi connectivity index (χ4v) is 1.68. The molecule has 0 radical (unpaired) electrons. The number of ether oxygens (including phenoxy) is 1. The van der Waals surface area contributed by atoms with Crippen molar-refractivity contribution in [3.05, 3.63) is 21.9 Å². The van der Waals surface area contributed by atoms with Crippen LogP contribution in [0.25, 0.3) is 0 Å². The van der Waals surface area contributed by atoms with Gasteiger partial charge in [-0.1, -0.05) is 37.0 Å². The number of amides is 1. The number of rotatable bonds is 4. The van der Waals surface area contributed by atoms with Crippen LogP contribution in [0, 0.1) is 5.92 Å². The molecular formula is C11H13Cl2N3O3. The second kappa shape index (κ2) is 6.68. The minimum absolute atomic E-state index is 0.0358. The van der Waals surface area contributed by atoms with Crippen molar-refractivity contribution >= 4 is 35.1 Å². The molecule has 0 aromatic carbocycles. The number of halogens is 2. The zero-order valence-corrected chi connectivity index (χ0v) is 12.1. The second-order valence-electron chi connectivity index (χ2n) is 4.09. The number of nitrogens with one attached hydrogen (secondary N) is 1. The highest BCUT2D eigenvalue weighted by Crippen LogP contribution is 2.16. The zero-order chi connectivity index (χ0) is 14.6. The average Bonchev–Trinajstić information content (AvgIpc) is 2.37. The smallest absolute Gasteiger partial charge is 0.328 e. The first-order valence-corrected chi connectivity index (χ1v) is 6.19. The summed E-state index contributed by atoms with van der Waals surface area (Å²) in [6, 6.07) is 0.501. The molecule has 19 heavy (non-hydrogen) atoms. The maximum Gasteiger partial charge on any atom is 0.328 e. The highest BCUT2D eigenvalue weighted by molar-refractivity contribution is 6.34. The maximum absolute atomic E-state index is 12.0. The Morgan fingerprint density at radius 2 is 1.95 bits per heavy atom. The Morgan fingerprint density at radius 3 is 2.47 bits per heavy atom. The molecule has 1 amide bonds. The molecule has 0 fully saturated rings. The van der Waals surface area contributed by atoms with Crippen molar-refractivity contribution in [2.24, 2.45) is 5.92 Å². The topological polar surface area (TPSA) is 81.2 Å². The molecular weight excluding hydrogens is 293 g/mol. The summed E-state index contributed by atoms with van der Waals surface area (Å²) in [7, 11) is 1.25. The number of carbonyl (C=O) groups is 2. The van der Waals surface area contributed by atoms with Crippen molar-refractivity contribution in [1.29, 1.82) is 0 Å². The van der Waals surface area contributed by atoms with E-state index >= 15 is 0 Å². The van der Waals surface area contributed by atoms with E-state index in [0.717, 1.165) is 0 Å². The molecule has 0 aliphatic carbocycles. The SMILES string of the molecule is COC(=O)C(NC(=O)c1cc(Cl)nnc1Cl)C(C)C. The van der Waals surface area contributed by atoms with Gasteiger partial charge < -0.3 is 10.1 Å². The first-order valence-electron chi connectivity index (χ1n) is 5.44. The predicted octanol–water partition coefficient (Wildman–Crippen LogP) is 1.71. The molecule has 6 nitrogen and oxygen atoms in total. The summed E-state index contributed by atoms with van der Waals surface area (Å²) in [6.07, 6.45) is 0. The zero-order valence-electron chi connectivity index (χ0n) is 10.6. The van der Waals surface area contributed by atoms with Crippen molar-refractivity contribution in [3.63, 3.8) is 0 Å². The van der Waals surface area contributed by atoms with Gasteiger partial charge in [0.15, 0.2) is 10.3 Å². The Hall–Kier alpha value is -1.40. The second-order valence-corrected chi connectivity index (χ2v) is 4.84. The van der Waals surface area contributed by atoms with E-state index in [4.69, 9.17) is 23.2 Å². The molecule has 0 saturated carbocycles. The first kappa shape index (κ1) is 15.7. The largest absolute Gasteiger partial charge is 0.467 e. The van der Waals surface area contributed by atoms with E-state index < -0.39 is 17.9 Å². The van der Waals surface area contributed by atoms with Crippen LogP contribution < -0.4 is 5.32 Å². The van der Waals surface area contributed by atoms with Crippen LogP contribution in [0.3, 0.4) is 0 Å². The molecule has 1 atom stereocenters. The fourth-order valence-electron chi connectivity index (χ4n) is 1.36. The number of methoxy groups -OCH3 is 1. The van der Waals surface area contributed by atoms with Crippen LogP contribution in [0.4, 0.5) is 0 Å². The van der Waals surface area contributed by atoms with Gasteiger partial charge in [0.05, 0.1) is 12.7 Å². The lowest BCUT2D eigenvalue weighted by Crippen LogP contribution is -2.45. The van der Waals surface area contributed by atoms with Gasteiger partial charge >= 0.3 is 5.97 Å². The molecule has 1 rings (SSSR count). The van der Waals surface area contributed by atoms with Crippen molar-refractivity contribution in [1.82, 2.24) is 15.5 Å². The first-order chi connectivity index (χ1) is 8.86. The summed E-state index contributed by atoms with van der Waals surface area (Å²) in [5.41, 5.74) is 0.0521. The lowest BCUT2D eigenvalue weighted by atomic mass is 10.0. The number of esters is 1. The highest BCUT2D eigenvalue weighted by Gasteiger charge is 2.26. The molecule has 1 heterocycles. The van der Waals surface area contributed by atoms with E-state index in [0.29, 0.717) is 0 Å². The van der Waals surface area contributed by atoms with Gasteiger partial charge in [0, 0.05) is 0 Å². The number of hydrogen-bond acceptors (Lipinski definition) is 5. The fraction of sp³-hybridized carbons (Fsp3) is 0.455.